The first kappa shape index (κ1) is 21.4. The van der Waals surface area contributed by atoms with Crippen molar-refractivity contribution in [2.75, 3.05) is 32.3 Å². The van der Waals surface area contributed by atoms with E-state index in [1.807, 2.05) is 18.2 Å². The van der Waals surface area contributed by atoms with Gasteiger partial charge in [-0.15, -0.1) is 0 Å². The van der Waals surface area contributed by atoms with Gasteiger partial charge in [-0.1, -0.05) is 6.07 Å². The lowest BCUT2D eigenvalue weighted by Gasteiger charge is -2.16. The molecule has 30 heavy (non-hydrogen) atoms. The van der Waals surface area contributed by atoms with E-state index in [1.54, 1.807) is 25.8 Å². The monoisotopic (exact) mass is 416 g/mol. The number of Topliss-reactive ketones (excluding diaryl/α,β-unsaturated/α-hetero) is 1. The normalized spacial score (nSPS) is 12.2. The van der Waals surface area contributed by atoms with Gasteiger partial charge in [0.2, 0.25) is 18.6 Å². The van der Waals surface area contributed by atoms with Crippen LogP contribution in [0.3, 0.4) is 0 Å². The van der Waals surface area contributed by atoms with Crippen molar-refractivity contribution in [3.05, 3.63) is 40.6 Å². The molecule has 1 N–H and O–H groups in total. The van der Waals surface area contributed by atoms with Gasteiger partial charge in [-0.25, -0.2) is 4.79 Å². The summed E-state index contributed by atoms with van der Waals surface area (Å²) in [5, 5.41) is 2.58. The molecule has 1 amide bonds. The van der Waals surface area contributed by atoms with Gasteiger partial charge in [0.1, 0.15) is 11.3 Å². The highest BCUT2D eigenvalue weighted by molar-refractivity contribution is 6.10. The SMILES string of the molecule is CCOC(=O)c1c(NC(=O)CN(C)Cc2ccc3c(c2)OCO3)oc(C)c1C(C)=O. The highest BCUT2D eigenvalue weighted by Gasteiger charge is 2.28. The van der Waals surface area contributed by atoms with Gasteiger partial charge in [0.05, 0.1) is 18.7 Å². The standard InChI is InChI=1S/C21H24N2O7/c1-5-27-21(26)19-18(12(2)24)13(3)30-20(19)22-17(25)10-23(4)9-14-6-7-15-16(8-14)29-11-28-15/h6-8H,5,9-11H2,1-4H3,(H,22,25). The number of aryl methyl sites for hydroxylation is 1. The second-order valence-electron chi connectivity index (χ2n) is 6.92. The summed E-state index contributed by atoms with van der Waals surface area (Å²) in [5.74, 6) is 0.0653. The fourth-order valence-corrected chi connectivity index (χ4v) is 3.27. The van der Waals surface area contributed by atoms with Crippen LogP contribution in [0.1, 0.15) is 45.9 Å². The Kier molecular flexibility index (Phi) is 6.41. The summed E-state index contributed by atoms with van der Waals surface area (Å²) < 4.78 is 21.2. The number of esters is 1. The van der Waals surface area contributed by atoms with Crippen LogP contribution in [0.5, 0.6) is 11.5 Å². The Hall–Kier alpha value is -3.33. The first-order valence-corrected chi connectivity index (χ1v) is 9.48. The molecule has 2 heterocycles. The van der Waals surface area contributed by atoms with Gasteiger partial charge < -0.3 is 18.6 Å². The zero-order valence-corrected chi connectivity index (χ0v) is 17.4. The number of rotatable bonds is 8. The largest absolute Gasteiger partial charge is 0.462 e. The Balaban J connectivity index is 1.69. The van der Waals surface area contributed by atoms with E-state index in [0.29, 0.717) is 18.0 Å². The molecule has 1 aromatic heterocycles. The van der Waals surface area contributed by atoms with Crippen LogP contribution in [0, 0.1) is 6.92 Å². The molecule has 2 aromatic rings. The zero-order valence-electron chi connectivity index (χ0n) is 17.4. The molecule has 0 radical (unpaired) electrons. The van der Waals surface area contributed by atoms with Crippen LogP contribution in [0.4, 0.5) is 5.88 Å². The van der Waals surface area contributed by atoms with Gasteiger partial charge in [0.15, 0.2) is 17.3 Å². The van der Waals surface area contributed by atoms with Gasteiger partial charge in [0, 0.05) is 6.54 Å². The Morgan fingerprint density at radius 1 is 1.17 bits per heavy atom. The van der Waals surface area contributed by atoms with Crippen molar-refractivity contribution in [2.24, 2.45) is 0 Å². The maximum absolute atomic E-state index is 12.5. The van der Waals surface area contributed by atoms with E-state index in [-0.39, 0.29) is 48.5 Å². The molecule has 0 bridgehead atoms. The average Bonchev–Trinajstić information content (AvgIpc) is 3.25. The number of furan rings is 1. The number of carbonyl (C=O) groups excluding carboxylic acids is 3. The van der Waals surface area contributed by atoms with Crippen LogP contribution in [0.2, 0.25) is 0 Å². The number of hydrogen-bond donors (Lipinski definition) is 1. The molecule has 160 valence electrons. The summed E-state index contributed by atoms with van der Waals surface area (Å²) in [6.07, 6.45) is 0. The molecule has 1 aliphatic rings. The van der Waals surface area contributed by atoms with Gasteiger partial charge in [0.25, 0.3) is 0 Å². The minimum Gasteiger partial charge on any atom is -0.462 e. The van der Waals surface area contributed by atoms with E-state index in [9.17, 15) is 14.4 Å². The third kappa shape index (κ3) is 4.62. The van der Waals surface area contributed by atoms with Crippen molar-refractivity contribution >= 4 is 23.5 Å². The minimum atomic E-state index is -0.719. The van der Waals surface area contributed by atoms with Crippen LogP contribution in [-0.4, -0.2) is 49.6 Å². The summed E-state index contributed by atoms with van der Waals surface area (Å²) >= 11 is 0. The third-order valence-corrected chi connectivity index (χ3v) is 4.47. The summed E-state index contributed by atoms with van der Waals surface area (Å²) in [7, 11) is 1.78. The van der Waals surface area contributed by atoms with Crippen LogP contribution in [-0.2, 0) is 16.1 Å². The van der Waals surface area contributed by atoms with Crippen molar-refractivity contribution < 1.29 is 33.0 Å². The van der Waals surface area contributed by atoms with E-state index in [4.69, 9.17) is 18.6 Å². The Morgan fingerprint density at radius 2 is 1.90 bits per heavy atom. The molecular formula is C21H24N2O7. The molecule has 0 saturated heterocycles. The maximum Gasteiger partial charge on any atom is 0.344 e. The lowest BCUT2D eigenvalue weighted by molar-refractivity contribution is -0.117. The number of hydrogen-bond acceptors (Lipinski definition) is 8. The van der Waals surface area contributed by atoms with Gasteiger partial charge >= 0.3 is 5.97 Å². The van der Waals surface area contributed by atoms with Crippen LogP contribution in [0.25, 0.3) is 0 Å². The summed E-state index contributed by atoms with van der Waals surface area (Å²) in [4.78, 5) is 38.6. The van der Waals surface area contributed by atoms with E-state index in [1.165, 1.54) is 6.92 Å². The number of ether oxygens (including phenoxy) is 3. The summed E-state index contributed by atoms with van der Waals surface area (Å²) in [6, 6.07) is 5.59. The van der Waals surface area contributed by atoms with Gasteiger partial charge in [-0.2, -0.15) is 0 Å². The van der Waals surface area contributed by atoms with Crippen molar-refractivity contribution in [3.63, 3.8) is 0 Å². The maximum atomic E-state index is 12.5. The smallest absolute Gasteiger partial charge is 0.344 e. The topological polar surface area (TPSA) is 107 Å². The van der Waals surface area contributed by atoms with Crippen LogP contribution in [0.15, 0.2) is 22.6 Å². The van der Waals surface area contributed by atoms with Crippen LogP contribution < -0.4 is 14.8 Å². The Bertz CT molecular complexity index is 980. The van der Waals surface area contributed by atoms with Crippen molar-refractivity contribution in [1.29, 1.82) is 0 Å². The van der Waals surface area contributed by atoms with Crippen molar-refractivity contribution in [1.82, 2.24) is 4.90 Å². The van der Waals surface area contributed by atoms with Crippen LogP contribution >= 0.6 is 0 Å². The Morgan fingerprint density at radius 3 is 2.60 bits per heavy atom. The quantitative estimate of drug-likeness (QED) is 0.517. The fraction of sp³-hybridized carbons (Fsp3) is 0.381. The number of nitrogens with one attached hydrogen (secondary N) is 1. The first-order chi connectivity index (χ1) is 14.3. The third-order valence-electron chi connectivity index (χ3n) is 4.47. The van der Waals surface area contributed by atoms with Gasteiger partial charge in [-0.3, -0.25) is 19.8 Å². The number of fused-ring (bicyclic) bond motifs is 1. The summed E-state index contributed by atoms with van der Waals surface area (Å²) in [6.45, 7) is 5.39. The number of nitrogens with zero attached hydrogens (tertiary/aromatic N) is 1. The van der Waals surface area contributed by atoms with Crippen molar-refractivity contribution in [3.8, 4) is 11.5 Å². The van der Waals surface area contributed by atoms with E-state index < -0.39 is 11.9 Å². The highest BCUT2D eigenvalue weighted by atomic mass is 16.7. The number of amides is 1. The number of carbonyl (C=O) groups is 3. The molecule has 3 rings (SSSR count). The Labute approximate surface area is 173 Å². The lowest BCUT2D eigenvalue weighted by Crippen LogP contribution is -2.30. The highest BCUT2D eigenvalue weighted by Crippen LogP contribution is 2.33. The summed E-state index contributed by atoms with van der Waals surface area (Å²) in [5.41, 5.74) is 1.00. The second kappa shape index (κ2) is 9.00. The molecular weight excluding hydrogens is 392 g/mol. The number of anilines is 1. The predicted molar refractivity (Wildman–Crippen MR) is 107 cm³/mol. The first-order valence-electron chi connectivity index (χ1n) is 9.48. The molecule has 0 unspecified atom stereocenters. The van der Waals surface area contributed by atoms with E-state index in [0.717, 1.165) is 5.56 Å². The fourth-order valence-electron chi connectivity index (χ4n) is 3.27. The molecule has 0 spiro atoms. The molecule has 9 heteroatoms. The number of benzene rings is 1. The molecule has 0 saturated carbocycles. The molecule has 9 nitrogen and oxygen atoms in total. The molecule has 0 fully saturated rings. The number of likely N-dealkylation sites (N-methyl/N-ethyl adjacent to an activating group) is 1. The van der Waals surface area contributed by atoms with Gasteiger partial charge in [-0.05, 0) is 45.5 Å². The number of ketones is 1. The molecule has 0 aliphatic carbocycles. The minimum absolute atomic E-state index is 0.0336. The van der Waals surface area contributed by atoms with E-state index in [2.05, 4.69) is 5.32 Å². The molecule has 0 atom stereocenters. The molecule has 1 aromatic carbocycles. The lowest BCUT2D eigenvalue weighted by atomic mass is 10.1. The predicted octanol–water partition coefficient (Wildman–Crippen LogP) is 2.77. The average molecular weight is 416 g/mol. The molecule has 1 aliphatic heterocycles. The zero-order chi connectivity index (χ0) is 21.8. The van der Waals surface area contributed by atoms with Crippen molar-refractivity contribution in [2.45, 2.75) is 27.3 Å². The van der Waals surface area contributed by atoms with E-state index >= 15 is 0 Å². The second-order valence-corrected chi connectivity index (χ2v) is 6.92.